The van der Waals surface area contributed by atoms with Crippen LogP contribution in [0.3, 0.4) is 0 Å². The summed E-state index contributed by atoms with van der Waals surface area (Å²) in [4.78, 5) is 2.48. The van der Waals surface area contributed by atoms with Gasteiger partial charge in [0.25, 0.3) is 0 Å². The van der Waals surface area contributed by atoms with Crippen LogP contribution in [0, 0.1) is 0 Å². The van der Waals surface area contributed by atoms with E-state index in [-0.39, 0.29) is 11.1 Å². The molecule has 0 bridgehead atoms. The number of likely N-dealkylation sites (tertiary alicyclic amines) is 1. The minimum Gasteiger partial charge on any atom is -0.418 e. The molecule has 108 valence electrons. The highest BCUT2D eigenvalue weighted by atomic mass is 28.4. The van der Waals surface area contributed by atoms with Crippen LogP contribution in [0.4, 0.5) is 0 Å². The van der Waals surface area contributed by atoms with Crippen molar-refractivity contribution < 1.29 is 9.16 Å². The fraction of sp³-hybridized carbons (Fsp3) is 1.00. The Morgan fingerprint density at radius 2 is 1.56 bits per heavy atom. The van der Waals surface area contributed by atoms with Gasteiger partial charge in [-0.2, -0.15) is 0 Å². The summed E-state index contributed by atoms with van der Waals surface area (Å²) < 4.78 is 11.7. The third kappa shape index (κ3) is 3.79. The van der Waals surface area contributed by atoms with Crippen molar-refractivity contribution in [1.82, 2.24) is 4.90 Å². The Labute approximate surface area is 114 Å². The first-order valence-electron chi connectivity index (χ1n) is 6.91. The van der Waals surface area contributed by atoms with E-state index in [4.69, 9.17) is 9.16 Å². The zero-order chi connectivity index (χ0) is 14.2. The van der Waals surface area contributed by atoms with E-state index in [2.05, 4.69) is 52.7 Å². The summed E-state index contributed by atoms with van der Waals surface area (Å²) in [6.45, 7) is 13.6. The molecule has 0 unspecified atom stereocenters. The van der Waals surface area contributed by atoms with Crippen molar-refractivity contribution in [1.29, 1.82) is 0 Å². The van der Waals surface area contributed by atoms with Gasteiger partial charge >= 0.3 is 0 Å². The van der Waals surface area contributed by atoms with Gasteiger partial charge in [-0.25, -0.2) is 0 Å². The lowest BCUT2D eigenvalue weighted by Crippen LogP contribution is -2.60. The lowest BCUT2D eigenvalue weighted by atomic mass is 9.79. The molecule has 0 amide bonds. The first kappa shape index (κ1) is 16.2. The molecular weight excluding hydrogens is 242 g/mol. The van der Waals surface area contributed by atoms with Crippen LogP contribution >= 0.6 is 0 Å². The molecule has 1 aliphatic rings. The highest BCUT2D eigenvalue weighted by Gasteiger charge is 2.43. The standard InChI is InChI=1S/C14H31NO2Si/c1-13(2)9-12(10-14(3,4)15(13)5)17-11-18(7,8)16-6/h12H,9-11H2,1-8H3. The predicted molar refractivity (Wildman–Crippen MR) is 79.4 cm³/mol. The molecule has 0 saturated carbocycles. The number of nitrogens with zero attached hydrogens (tertiary/aromatic N) is 1. The topological polar surface area (TPSA) is 21.7 Å². The van der Waals surface area contributed by atoms with Crippen LogP contribution in [-0.4, -0.2) is 50.8 Å². The van der Waals surface area contributed by atoms with Gasteiger partial charge in [0.05, 0.1) is 12.3 Å². The number of rotatable bonds is 4. The quantitative estimate of drug-likeness (QED) is 0.735. The smallest absolute Gasteiger partial charge is 0.211 e. The van der Waals surface area contributed by atoms with Gasteiger partial charge in [0.15, 0.2) is 0 Å². The summed E-state index contributed by atoms with van der Waals surface area (Å²) in [5.74, 6) is 0. The third-order valence-electron chi connectivity index (χ3n) is 4.49. The van der Waals surface area contributed by atoms with Crippen LogP contribution in [0.15, 0.2) is 0 Å². The molecule has 1 rings (SSSR count). The molecule has 1 heterocycles. The highest BCUT2D eigenvalue weighted by molar-refractivity contribution is 6.71. The van der Waals surface area contributed by atoms with Gasteiger partial charge in [-0.3, -0.25) is 4.90 Å². The Morgan fingerprint density at radius 3 is 1.94 bits per heavy atom. The number of hydrogen-bond acceptors (Lipinski definition) is 3. The number of piperidine rings is 1. The third-order valence-corrected chi connectivity index (χ3v) is 6.46. The van der Waals surface area contributed by atoms with Gasteiger partial charge in [-0.05, 0) is 60.7 Å². The maximum absolute atomic E-state index is 6.17. The fourth-order valence-corrected chi connectivity index (χ4v) is 3.53. The van der Waals surface area contributed by atoms with E-state index in [1.165, 1.54) is 0 Å². The molecule has 4 heteroatoms. The van der Waals surface area contributed by atoms with E-state index < -0.39 is 8.32 Å². The maximum atomic E-state index is 6.17. The van der Waals surface area contributed by atoms with Crippen LogP contribution in [0.1, 0.15) is 40.5 Å². The first-order valence-corrected chi connectivity index (χ1v) is 10.0. The van der Waals surface area contributed by atoms with E-state index >= 15 is 0 Å². The molecule has 0 aromatic rings. The van der Waals surface area contributed by atoms with Gasteiger partial charge in [-0.1, -0.05) is 0 Å². The van der Waals surface area contributed by atoms with Crippen molar-refractivity contribution in [3.8, 4) is 0 Å². The number of hydrogen-bond donors (Lipinski definition) is 0. The van der Waals surface area contributed by atoms with Gasteiger partial charge in [0.2, 0.25) is 8.32 Å². The van der Waals surface area contributed by atoms with E-state index in [9.17, 15) is 0 Å². The molecule has 0 atom stereocenters. The normalized spacial score (nSPS) is 25.3. The summed E-state index contributed by atoms with van der Waals surface area (Å²) in [5.41, 5.74) is 0.399. The molecule has 0 aliphatic carbocycles. The van der Waals surface area contributed by atoms with E-state index in [1.807, 2.05) is 0 Å². The average Bonchev–Trinajstić information content (AvgIpc) is 2.22. The molecule has 18 heavy (non-hydrogen) atoms. The summed E-state index contributed by atoms with van der Waals surface area (Å²) in [6, 6.07) is 0. The lowest BCUT2D eigenvalue weighted by molar-refractivity contribution is -0.0848. The molecule has 0 N–H and O–H groups in total. The molecule has 3 nitrogen and oxygen atoms in total. The first-order chi connectivity index (χ1) is 8.00. The van der Waals surface area contributed by atoms with E-state index in [1.54, 1.807) is 7.11 Å². The van der Waals surface area contributed by atoms with Crippen LogP contribution in [-0.2, 0) is 9.16 Å². The van der Waals surface area contributed by atoms with E-state index in [0.29, 0.717) is 6.10 Å². The summed E-state index contributed by atoms with van der Waals surface area (Å²) >= 11 is 0. The second kappa shape index (κ2) is 5.23. The van der Waals surface area contributed by atoms with Crippen molar-refractivity contribution in [2.24, 2.45) is 0 Å². The summed E-state index contributed by atoms with van der Waals surface area (Å²) in [5, 5.41) is 0. The molecule has 1 saturated heterocycles. The predicted octanol–water partition coefficient (Wildman–Crippen LogP) is 3.05. The molecule has 0 spiro atoms. The van der Waals surface area contributed by atoms with Crippen molar-refractivity contribution in [2.45, 2.75) is 70.8 Å². The minimum atomic E-state index is -1.61. The van der Waals surface area contributed by atoms with Crippen LogP contribution in [0.2, 0.25) is 13.1 Å². The molecule has 0 aromatic carbocycles. The monoisotopic (exact) mass is 273 g/mol. The highest BCUT2D eigenvalue weighted by Crippen LogP contribution is 2.38. The van der Waals surface area contributed by atoms with Gasteiger partial charge in [-0.15, -0.1) is 0 Å². The van der Waals surface area contributed by atoms with Crippen LogP contribution < -0.4 is 0 Å². The number of ether oxygens (including phenoxy) is 1. The Hall–Kier alpha value is 0.0969. The summed E-state index contributed by atoms with van der Waals surface area (Å²) in [6.07, 6.45) is 3.35. The Morgan fingerprint density at radius 1 is 1.11 bits per heavy atom. The average molecular weight is 273 g/mol. The minimum absolute atomic E-state index is 0.200. The van der Waals surface area contributed by atoms with Gasteiger partial charge in [0, 0.05) is 18.2 Å². The molecular formula is C14H31NO2Si. The maximum Gasteiger partial charge on any atom is 0.211 e. The fourth-order valence-electron chi connectivity index (χ4n) is 2.78. The van der Waals surface area contributed by atoms with Crippen molar-refractivity contribution in [3.05, 3.63) is 0 Å². The van der Waals surface area contributed by atoms with Crippen molar-refractivity contribution in [3.63, 3.8) is 0 Å². The Balaban J connectivity index is 2.64. The largest absolute Gasteiger partial charge is 0.418 e. The van der Waals surface area contributed by atoms with Gasteiger partial charge in [0.1, 0.15) is 0 Å². The zero-order valence-corrected chi connectivity index (χ0v) is 14.5. The Kier molecular flexibility index (Phi) is 4.70. The van der Waals surface area contributed by atoms with Gasteiger partial charge < -0.3 is 9.16 Å². The zero-order valence-electron chi connectivity index (χ0n) is 13.5. The second-order valence-corrected chi connectivity index (χ2v) is 11.7. The molecule has 0 radical (unpaired) electrons. The lowest BCUT2D eigenvalue weighted by Gasteiger charge is -2.53. The van der Waals surface area contributed by atoms with Crippen molar-refractivity contribution in [2.75, 3.05) is 20.4 Å². The summed E-state index contributed by atoms with van der Waals surface area (Å²) in [7, 11) is 2.42. The van der Waals surface area contributed by atoms with E-state index in [0.717, 1.165) is 19.1 Å². The molecule has 1 aliphatic heterocycles. The van der Waals surface area contributed by atoms with Crippen molar-refractivity contribution >= 4 is 8.32 Å². The van der Waals surface area contributed by atoms with Crippen LogP contribution in [0.25, 0.3) is 0 Å². The molecule has 0 aromatic heterocycles. The second-order valence-electron chi connectivity index (χ2n) is 7.49. The molecule has 1 fully saturated rings. The SMILES string of the molecule is CO[Si](C)(C)COC1CC(C)(C)N(C)C(C)(C)C1. The Bertz CT molecular complexity index is 272. The van der Waals surface area contributed by atoms with Crippen LogP contribution in [0.5, 0.6) is 0 Å².